The van der Waals surface area contributed by atoms with E-state index < -0.39 is 5.97 Å². The predicted octanol–water partition coefficient (Wildman–Crippen LogP) is 4.87. The SMILES string of the molecule is CC(=O)O.Cc1ccc2[nH]c(=O)c(-c3cn(CCCN)c4cc(OCc5ccccc5)ccc34)nc2c1. The van der Waals surface area contributed by atoms with E-state index in [0.717, 1.165) is 64.3 Å². The van der Waals surface area contributed by atoms with E-state index in [9.17, 15) is 4.79 Å². The van der Waals surface area contributed by atoms with Gasteiger partial charge in [0.1, 0.15) is 18.1 Å². The van der Waals surface area contributed by atoms with E-state index in [-0.39, 0.29) is 5.56 Å². The van der Waals surface area contributed by atoms with Crippen molar-refractivity contribution in [1.82, 2.24) is 14.5 Å². The van der Waals surface area contributed by atoms with Gasteiger partial charge in [0.15, 0.2) is 0 Å². The lowest BCUT2D eigenvalue weighted by Crippen LogP contribution is -2.11. The van der Waals surface area contributed by atoms with Crippen molar-refractivity contribution < 1.29 is 14.6 Å². The zero-order valence-electron chi connectivity index (χ0n) is 20.9. The zero-order valence-corrected chi connectivity index (χ0v) is 20.9. The Bertz CT molecular complexity index is 1580. The third kappa shape index (κ3) is 6.23. The van der Waals surface area contributed by atoms with Crippen molar-refractivity contribution in [3.8, 4) is 17.0 Å². The van der Waals surface area contributed by atoms with E-state index in [1.807, 2.05) is 79.9 Å². The zero-order chi connectivity index (χ0) is 26.4. The van der Waals surface area contributed by atoms with E-state index >= 15 is 0 Å². The van der Waals surface area contributed by atoms with Crippen LogP contribution < -0.4 is 16.0 Å². The number of aliphatic carboxylic acids is 1. The first kappa shape index (κ1) is 25.7. The number of nitrogens with two attached hydrogens (primary N) is 1. The number of carbonyl (C=O) groups is 1. The van der Waals surface area contributed by atoms with Gasteiger partial charge in [0, 0.05) is 36.7 Å². The molecule has 0 radical (unpaired) electrons. The highest BCUT2D eigenvalue weighted by Gasteiger charge is 2.16. The maximum absolute atomic E-state index is 12.9. The molecule has 2 aromatic heterocycles. The molecule has 8 heteroatoms. The smallest absolute Gasteiger partial charge is 0.300 e. The summed E-state index contributed by atoms with van der Waals surface area (Å²) in [6.45, 7) is 4.93. The van der Waals surface area contributed by atoms with Gasteiger partial charge in [-0.2, -0.15) is 0 Å². The number of ether oxygens (including phenoxy) is 1. The highest BCUT2D eigenvalue weighted by molar-refractivity contribution is 5.96. The van der Waals surface area contributed by atoms with Crippen LogP contribution >= 0.6 is 0 Å². The molecule has 0 spiro atoms. The van der Waals surface area contributed by atoms with Crippen LogP contribution in [0.25, 0.3) is 33.2 Å². The topological polar surface area (TPSA) is 123 Å². The maximum atomic E-state index is 12.9. The molecule has 0 atom stereocenters. The van der Waals surface area contributed by atoms with Gasteiger partial charge in [-0.3, -0.25) is 9.59 Å². The number of carboxylic acid groups (broad SMARTS) is 1. The van der Waals surface area contributed by atoms with E-state index in [1.165, 1.54) is 0 Å². The number of rotatable bonds is 7. The van der Waals surface area contributed by atoms with Gasteiger partial charge in [-0.05, 0) is 55.3 Å². The summed E-state index contributed by atoms with van der Waals surface area (Å²) >= 11 is 0. The van der Waals surface area contributed by atoms with E-state index in [0.29, 0.717) is 18.8 Å². The standard InChI is InChI=1S/C27H26N4O2.C2H4O2/c1-18-8-11-23-24(14-18)29-26(27(32)30-23)22-16-31(13-5-12-28)25-15-20(9-10-21(22)25)33-17-19-6-3-2-4-7-19;1-2(3)4/h2-4,6-11,14-16H,5,12-13,17,28H2,1H3,(H,30,32);1H3,(H,3,4). The average Bonchev–Trinajstić information content (AvgIpc) is 3.24. The summed E-state index contributed by atoms with van der Waals surface area (Å²) in [5.74, 6) is -0.0546. The van der Waals surface area contributed by atoms with Gasteiger partial charge >= 0.3 is 0 Å². The monoisotopic (exact) mass is 498 g/mol. The van der Waals surface area contributed by atoms with Crippen LogP contribution in [-0.2, 0) is 17.9 Å². The Morgan fingerprint density at radius 2 is 1.86 bits per heavy atom. The second-order valence-corrected chi connectivity index (χ2v) is 8.79. The summed E-state index contributed by atoms with van der Waals surface area (Å²) in [6, 6.07) is 21.9. The molecule has 0 aliphatic rings. The molecule has 0 aliphatic carbocycles. The van der Waals surface area contributed by atoms with Crippen molar-refractivity contribution in [2.45, 2.75) is 33.4 Å². The number of nitrogens with one attached hydrogen (secondary N) is 1. The predicted molar refractivity (Wildman–Crippen MR) is 146 cm³/mol. The second-order valence-electron chi connectivity index (χ2n) is 8.79. The van der Waals surface area contributed by atoms with Crippen molar-refractivity contribution in [2.24, 2.45) is 5.73 Å². The molecular formula is C29H30N4O4. The van der Waals surface area contributed by atoms with Gasteiger partial charge in [-0.1, -0.05) is 36.4 Å². The first-order chi connectivity index (χ1) is 17.9. The molecule has 8 nitrogen and oxygen atoms in total. The molecule has 4 N–H and O–H groups in total. The number of aromatic amines is 1. The lowest BCUT2D eigenvalue weighted by Gasteiger charge is -2.08. The van der Waals surface area contributed by atoms with E-state index in [2.05, 4.69) is 9.55 Å². The number of aryl methyl sites for hydroxylation is 2. The molecule has 190 valence electrons. The van der Waals surface area contributed by atoms with E-state index in [1.54, 1.807) is 0 Å². The van der Waals surface area contributed by atoms with Gasteiger partial charge in [-0.25, -0.2) is 4.98 Å². The third-order valence-electron chi connectivity index (χ3n) is 5.81. The summed E-state index contributed by atoms with van der Waals surface area (Å²) in [7, 11) is 0. The summed E-state index contributed by atoms with van der Waals surface area (Å²) in [5.41, 5.74) is 11.5. The van der Waals surface area contributed by atoms with Crippen LogP contribution in [-0.4, -0.2) is 32.2 Å². The van der Waals surface area contributed by atoms with Crippen molar-refractivity contribution >= 4 is 27.9 Å². The summed E-state index contributed by atoms with van der Waals surface area (Å²) in [4.78, 5) is 29.7. The summed E-state index contributed by atoms with van der Waals surface area (Å²) in [5, 5.41) is 8.38. The molecular weight excluding hydrogens is 468 g/mol. The Hall–Kier alpha value is -4.43. The molecule has 0 saturated carbocycles. The Labute approximate surface area is 214 Å². The highest BCUT2D eigenvalue weighted by Crippen LogP contribution is 2.32. The average molecular weight is 499 g/mol. The number of benzene rings is 3. The molecule has 0 aliphatic heterocycles. The Kier molecular flexibility index (Phi) is 8.00. The first-order valence-electron chi connectivity index (χ1n) is 12.1. The highest BCUT2D eigenvalue weighted by atomic mass is 16.5. The van der Waals surface area contributed by atoms with Gasteiger partial charge in [0.25, 0.3) is 11.5 Å². The van der Waals surface area contributed by atoms with Crippen LogP contribution in [0.15, 0.2) is 77.7 Å². The summed E-state index contributed by atoms with van der Waals surface area (Å²) < 4.78 is 8.18. The molecule has 0 saturated heterocycles. The number of H-pyrrole nitrogens is 1. The molecule has 5 rings (SSSR count). The summed E-state index contributed by atoms with van der Waals surface area (Å²) in [6.07, 6.45) is 2.83. The fourth-order valence-electron chi connectivity index (χ4n) is 4.11. The van der Waals surface area contributed by atoms with Gasteiger partial charge in [0.05, 0.1) is 16.6 Å². The molecule has 0 fully saturated rings. The normalized spacial score (nSPS) is 10.8. The minimum Gasteiger partial charge on any atom is -0.489 e. The third-order valence-corrected chi connectivity index (χ3v) is 5.81. The Balaban J connectivity index is 0.000000747. The molecule has 3 aromatic carbocycles. The van der Waals surface area contributed by atoms with Crippen molar-refractivity contribution in [1.29, 1.82) is 0 Å². The quantitative estimate of drug-likeness (QED) is 0.294. The van der Waals surface area contributed by atoms with Crippen molar-refractivity contribution in [2.75, 3.05) is 6.54 Å². The lowest BCUT2D eigenvalue weighted by molar-refractivity contribution is -0.134. The number of hydrogen-bond acceptors (Lipinski definition) is 5. The van der Waals surface area contributed by atoms with Gasteiger partial charge in [-0.15, -0.1) is 0 Å². The minimum atomic E-state index is -0.833. The molecule has 0 unspecified atom stereocenters. The number of aromatic nitrogens is 3. The molecule has 0 amide bonds. The second kappa shape index (κ2) is 11.5. The van der Waals surface area contributed by atoms with Crippen LogP contribution in [0, 0.1) is 6.92 Å². The van der Waals surface area contributed by atoms with Crippen LogP contribution in [0.2, 0.25) is 0 Å². The Morgan fingerprint density at radius 3 is 2.59 bits per heavy atom. The molecule has 0 bridgehead atoms. The van der Waals surface area contributed by atoms with Crippen LogP contribution in [0.1, 0.15) is 24.5 Å². The largest absolute Gasteiger partial charge is 0.489 e. The van der Waals surface area contributed by atoms with Gasteiger partial charge in [0.2, 0.25) is 0 Å². The lowest BCUT2D eigenvalue weighted by atomic mass is 10.1. The van der Waals surface area contributed by atoms with E-state index in [4.69, 9.17) is 25.4 Å². The molecule has 2 heterocycles. The van der Waals surface area contributed by atoms with Crippen LogP contribution in [0.3, 0.4) is 0 Å². The fourth-order valence-corrected chi connectivity index (χ4v) is 4.11. The number of hydrogen-bond donors (Lipinski definition) is 3. The van der Waals surface area contributed by atoms with Crippen LogP contribution in [0.5, 0.6) is 5.75 Å². The first-order valence-corrected chi connectivity index (χ1v) is 12.1. The number of carboxylic acids is 1. The fraction of sp³-hybridized carbons (Fsp3) is 0.207. The van der Waals surface area contributed by atoms with Crippen molar-refractivity contribution in [3.63, 3.8) is 0 Å². The van der Waals surface area contributed by atoms with Crippen LogP contribution in [0.4, 0.5) is 0 Å². The maximum Gasteiger partial charge on any atom is 0.300 e. The number of fused-ring (bicyclic) bond motifs is 2. The van der Waals surface area contributed by atoms with Gasteiger partial charge < -0.3 is 25.1 Å². The van der Waals surface area contributed by atoms with Crippen molar-refractivity contribution in [3.05, 3.63) is 94.4 Å². The molecule has 37 heavy (non-hydrogen) atoms. The Morgan fingerprint density at radius 1 is 1.11 bits per heavy atom. The number of nitrogens with zero attached hydrogens (tertiary/aromatic N) is 2. The molecule has 5 aromatic rings. The minimum absolute atomic E-state index is 0.200.